The third-order valence-electron chi connectivity index (χ3n) is 2.07. The summed E-state index contributed by atoms with van der Waals surface area (Å²) in [6.45, 7) is 0. The maximum Gasteiger partial charge on any atom is 0.153 e. The maximum atomic E-state index is 5.82. The SMILES string of the molecule is Nc1cc(Cl)cnc1Nc1ccc(Br)c(I)c1. The zero-order valence-corrected chi connectivity index (χ0v) is 13.0. The van der Waals surface area contributed by atoms with Crippen molar-refractivity contribution >= 4 is 67.3 Å². The lowest BCUT2D eigenvalue weighted by Gasteiger charge is -2.09. The standard InChI is InChI=1S/C11H8BrClIN3/c12-8-2-1-7(4-9(8)14)17-11-10(15)3-6(13)5-16-11/h1-5H,15H2,(H,16,17). The number of nitrogen functional groups attached to an aromatic ring is 1. The molecule has 1 heterocycles. The predicted octanol–water partition coefficient (Wildman–Crippen LogP) is 4.43. The normalized spacial score (nSPS) is 10.3. The fourth-order valence-corrected chi connectivity index (χ4v) is 2.20. The van der Waals surface area contributed by atoms with Crippen molar-refractivity contribution in [2.24, 2.45) is 0 Å². The number of nitrogens with two attached hydrogens (primary N) is 1. The number of benzene rings is 1. The molecule has 0 radical (unpaired) electrons. The Labute approximate surface area is 126 Å². The summed E-state index contributed by atoms with van der Waals surface area (Å²) in [7, 11) is 0. The van der Waals surface area contributed by atoms with Crippen LogP contribution < -0.4 is 11.1 Å². The Balaban J connectivity index is 2.28. The Kier molecular flexibility index (Phi) is 4.11. The highest BCUT2D eigenvalue weighted by atomic mass is 127. The van der Waals surface area contributed by atoms with Gasteiger partial charge in [-0.1, -0.05) is 11.6 Å². The summed E-state index contributed by atoms with van der Waals surface area (Å²) < 4.78 is 2.17. The summed E-state index contributed by atoms with van der Waals surface area (Å²) in [5.74, 6) is 0.604. The molecule has 6 heteroatoms. The van der Waals surface area contributed by atoms with Crippen molar-refractivity contribution in [1.82, 2.24) is 4.98 Å². The van der Waals surface area contributed by atoms with E-state index in [2.05, 4.69) is 48.8 Å². The number of pyridine rings is 1. The Morgan fingerprint density at radius 1 is 1.35 bits per heavy atom. The van der Waals surface area contributed by atoms with E-state index in [1.54, 1.807) is 12.3 Å². The molecule has 0 atom stereocenters. The van der Waals surface area contributed by atoms with Gasteiger partial charge in [-0.05, 0) is 62.8 Å². The number of nitrogens with one attached hydrogen (secondary N) is 1. The maximum absolute atomic E-state index is 5.82. The van der Waals surface area contributed by atoms with Gasteiger partial charge in [-0.2, -0.15) is 0 Å². The van der Waals surface area contributed by atoms with Crippen LogP contribution in [0.4, 0.5) is 17.2 Å². The van der Waals surface area contributed by atoms with Crippen LogP contribution in [0.3, 0.4) is 0 Å². The molecule has 2 rings (SSSR count). The average molecular weight is 424 g/mol. The summed E-state index contributed by atoms with van der Waals surface area (Å²) in [5, 5.41) is 3.67. The molecule has 2 aromatic rings. The highest BCUT2D eigenvalue weighted by Crippen LogP contribution is 2.27. The van der Waals surface area contributed by atoms with Crippen LogP contribution in [0.5, 0.6) is 0 Å². The lowest BCUT2D eigenvalue weighted by atomic mass is 10.3. The summed E-state index contributed by atoms with van der Waals surface area (Å²) in [4.78, 5) is 4.14. The van der Waals surface area contributed by atoms with E-state index in [1.807, 2.05) is 18.2 Å². The van der Waals surface area contributed by atoms with E-state index in [9.17, 15) is 0 Å². The molecule has 0 aliphatic carbocycles. The fourth-order valence-electron chi connectivity index (χ4n) is 1.27. The second-order valence-corrected chi connectivity index (χ2v) is 5.80. The van der Waals surface area contributed by atoms with E-state index < -0.39 is 0 Å². The molecule has 1 aromatic heterocycles. The number of hydrogen-bond donors (Lipinski definition) is 2. The van der Waals surface area contributed by atoms with Crippen molar-refractivity contribution in [1.29, 1.82) is 0 Å². The minimum absolute atomic E-state index is 0.524. The molecule has 0 amide bonds. The zero-order chi connectivity index (χ0) is 12.4. The Hall–Kier alpha value is -0.530. The van der Waals surface area contributed by atoms with Crippen molar-refractivity contribution in [3.63, 3.8) is 0 Å². The number of rotatable bonds is 2. The van der Waals surface area contributed by atoms with Crippen molar-refractivity contribution < 1.29 is 0 Å². The van der Waals surface area contributed by atoms with Crippen LogP contribution in [0.25, 0.3) is 0 Å². The Bertz CT molecular complexity index is 562. The number of hydrogen-bond acceptors (Lipinski definition) is 3. The molecule has 1 aromatic carbocycles. The summed E-state index contributed by atoms with van der Waals surface area (Å²) >= 11 is 11.5. The van der Waals surface area contributed by atoms with Gasteiger partial charge in [-0.15, -0.1) is 0 Å². The lowest BCUT2D eigenvalue weighted by Crippen LogP contribution is -1.99. The summed E-state index contributed by atoms with van der Waals surface area (Å²) in [6, 6.07) is 7.58. The summed E-state index contributed by atoms with van der Waals surface area (Å²) in [6.07, 6.45) is 1.56. The topological polar surface area (TPSA) is 50.9 Å². The van der Waals surface area contributed by atoms with Gasteiger partial charge >= 0.3 is 0 Å². The first-order chi connectivity index (χ1) is 8.06. The van der Waals surface area contributed by atoms with Crippen LogP contribution in [0, 0.1) is 3.57 Å². The van der Waals surface area contributed by atoms with Gasteiger partial charge < -0.3 is 11.1 Å². The van der Waals surface area contributed by atoms with Gasteiger partial charge in [0.25, 0.3) is 0 Å². The van der Waals surface area contributed by atoms with Gasteiger partial charge in [-0.3, -0.25) is 0 Å². The minimum Gasteiger partial charge on any atom is -0.396 e. The first kappa shape index (κ1) is 12.9. The largest absolute Gasteiger partial charge is 0.396 e. The average Bonchev–Trinajstić information content (AvgIpc) is 2.27. The molecule has 0 bridgehead atoms. The second kappa shape index (κ2) is 5.41. The van der Waals surface area contributed by atoms with E-state index in [-0.39, 0.29) is 0 Å². The second-order valence-electron chi connectivity index (χ2n) is 3.35. The van der Waals surface area contributed by atoms with Crippen LogP contribution in [0.2, 0.25) is 5.02 Å². The summed E-state index contributed by atoms with van der Waals surface area (Å²) in [5.41, 5.74) is 7.27. The third kappa shape index (κ3) is 3.23. The Morgan fingerprint density at radius 2 is 2.12 bits per heavy atom. The van der Waals surface area contributed by atoms with E-state index in [4.69, 9.17) is 17.3 Å². The van der Waals surface area contributed by atoms with Gasteiger partial charge in [0.15, 0.2) is 5.82 Å². The number of nitrogens with zero attached hydrogens (tertiary/aromatic N) is 1. The monoisotopic (exact) mass is 423 g/mol. The molecule has 0 aliphatic heterocycles. The first-order valence-electron chi connectivity index (χ1n) is 4.69. The molecular weight excluding hydrogens is 416 g/mol. The van der Waals surface area contributed by atoms with Crippen molar-refractivity contribution in [2.75, 3.05) is 11.1 Å². The van der Waals surface area contributed by atoms with E-state index in [1.165, 1.54) is 0 Å². The van der Waals surface area contributed by atoms with Gasteiger partial charge in [-0.25, -0.2) is 4.98 Å². The minimum atomic E-state index is 0.524. The van der Waals surface area contributed by atoms with E-state index in [0.29, 0.717) is 16.5 Å². The number of aromatic nitrogens is 1. The van der Waals surface area contributed by atoms with E-state index >= 15 is 0 Å². The van der Waals surface area contributed by atoms with Crippen LogP contribution in [0.1, 0.15) is 0 Å². The third-order valence-corrected chi connectivity index (χ3v) is 4.60. The van der Waals surface area contributed by atoms with Crippen LogP contribution >= 0.6 is 50.1 Å². The van der Waals surface area contributed by atoms with Gasteiger partial charge in [0.1, 0.15) is 0 Å². The molecule has 17 heavy (non-hydrogen) atoms. The van der Waals surface area contributed by atoms with Gasteiger partial charge in [0, 0.05) is 19.9 Å². The predicted molar refractivity (Wildman–Crippen MR) is 83.8 cm³/mol. The quantitative estimate of drug-likeness (QED) is 0.702. The van der Waals surface area contributed by atoms with Crippen LogP contribution in [0.15, 0.2) is 34.9 Å². The molecule has 0 unspecified atom stereocenters. The first-order valence-corrected chi connectivity index (χ1v) is 6.94. The highest BCUT2D eigenvalue weighted by Gasteiger charge is 2.04. The molecule has 88 valence electrons. The van der Waals surface area contributed by atoms with Crippen molar-refractivity contribution in [3.05, 3.63) is 43.5 Å². The molecule has 3 nitrogen and oxygen atoms in total. The number of halogens is 3. The molecule has 3 N–H and O–H groups in total. The molecule has 0 saturated carbocycles. The molecule has 0 fully saturated rings. The highest BCUT2D eigenvalue weighted by molar-refractivity contribution is 14.1. The number of anilines is 3. The molecular formula is C11H8BrClIN3. The smallest absolute Gasteiger partial charge is 0.153 e. The molecule has 0 spiro atoms. The van der Waals surface area contributed by atoms with Gasteiger partial charge in [0.2, 0.25) is 0 Å². The van der Waals surface area contributed by atoms with Crippen molar-refractivity contribution in [2.45, 2.75) is 0 Å². The lowest BCUT2D eigenvalue weighted by molar-refractivity contribution is 1.31. The van der Waals surface area contributed by atoms with Gasteiger partial charge in [0.05, 0.1) is 10.7 Å². The zero-order valence-electron chi connectivity index (χ0n) is 8.55. The molecule has 0 saturated heterocycles. The van der Waals surface area contributed by atoms with Crippen LogP contribution in [-0.4, -0.2) is 4.98 Å². The molecule has 0 aliphatic rings. The van der Waals surface area contributed by atoms with Crippen molar-refractivity contribution in [3.8, 4) is 0 Å². The fraction of sp³-hybridized carbons (Fsp3) is 0. The van der Waals surface area contributed by atoms with E-state index in [0.717, 1.165) is 13.7 Å². The van der Waals surface area contributed by atoms with Crippen LogP contribution in [-0.2, 0) is 0 Å². The Morgan fingerprint density at radius 3 is 2.76 bits per heavy atom.